The van der Waals surface area contributed by atoms with Gasteiger partial charge in [0.2, 0.25) is 0 Å². The maximum Gasteiger partial charge on any atom is 0.303 e. The predicted molar refractivity (Wildman–Crippen MR) is 71.3 cm³/mol. The highest BCUT2D eigenvalue weighted by atomic mass is 16.4. The van der Waals surface area contributed by atoms with Crippen LogP contribution in [0.25, 0.3) is 0 Å². The molecule has 5 heteroatoms. The fourth-order valence-corrected chi connectivity index (χ4v) is 1.74. The molecule has 0 spiro atoms. The van der Waals surface area contributed by atoms with Gasteiger partial charge in [0.1, 0.15) is 11.8 Å². The molecule has 19 heavy (non-hydrogen) atoms. The van der Waals surface area contributed by atoms with Gasteiger partial charge in [-0.3, -0.25) is 4.79 Å². The van der Waals surface area contributed by atoms with Crippen molar-refractivity contribution in [1.82, 2.24) is 10.3 Å². The quantitative estimate of drug-likeness (QED) is 0.698. The summed E-state index contributed by atoms with van der Waals surface area (Å²) in [5.74, 6) is -0.337. The second-order valence-electron chi connectivity index (χ2n) is 4.66. The minimum absolute atomic E-state index is 0.233. The Labute approximate surface area is 113 Å². The summed E-state index contributed by atoms with van der Waals surface area (Å²) in [4.78, 5) is 14.3. The fourth-order valence-electron chi connectivity index (χ4n) is 1.74. The van der Waals surface area contributed by atoms with E-state index in [1.165, 1.54) is 0 Å². The van der Waals surface area contributed by atoms with Gasteiger partial charge in [-0.2, -0.15) is 5.26 Å². The highest BCUT2D eigenvalue weighted by molar-refractivity contribution is 5.66. The topological polar surface area (TPSA) is 86.0 Å². The zero-order valence-electron chi connectivity index (χ0n) is 11.1. The van der Waals surface area contributed by atoms with Crippen LogP contribution in [-0.2, 0) is 11.3 Å². The third-order valence-corrected chi connectivity index (χ3v) is 2.93. The second-order valence-corrected chi connectivity index (χ2v) is 4.66. The van der Waals surface area contributed by atoms with Crippen molar-refractivity contribution in [1.29, 1.82) is 5.26 Å². The Morgan fingerprint density at radius 2 is 2.37 bits per heavy atom. The van der Waals surface area contributed by atoms with E-state index in [1.807, 2.05) is 12.1 Å². The fraction of sp³-hybridized carbons (Fsp3) is 0.500. The minimum Gasteiger partial charge on any atom is -0.481 e. The van der Waals surface area contributed by atoms with Gasteiger partial charge in [-0.25, -0.2) is 4.98 Å². The second kappa shape index (κ2) is 8.22. The molecule has 0 saturated heterocycles. The van der Waals surface area contributed by atoms with E-state index in [2.05, 4.69) is 17.2 Å². The van der Waals surface area contributed by atoms with Crippen LogP contribution in [0.3, 0.4) is 0 Å². The lowest BCUT2D eigenvalue weighted by Crippen LogP contribution is -2.17. The van der Waals surface area contributed by atoms with Crippen LogP contribution in [0.1, 0.15) is 37.4 Å². The number of hydrogen-bond acceptors (Lipinski definition) is 4. The zero-order valence-corrected chi connectivity index (χ0v) is 11.1. The summed E-state index contributed by atoms with van der Waals surface area (Å²) < 4.78 is 0. The summed E-state index contributed by atoms with van der Waals surface area (Å²) in [6.07, 6.45) is 3.52. The number of pyridine rings is 1. The average Bonchev–Trinajstić information content (AvgIpc) is 2.41. The summed E-state index contributed by atoms with van der Waals surface area (Å²) >= 11 is 0. The van der Waals surface area contributed by atoms with Gasteiger partial charge in [0.25, 0.3) is 0 Å². The van der Waals surface area contributed by atoms with Crippen LogP contribution < -0.4 is 5.32 Å². The first-order chi connectivity index (χ1) is 9.11. The van der Waals surface area contributed by atoms with Crippen LogP contribution in [0.2, 0.25) is 0 Å². The van der Waals surface area contributed by atoms with Crippen molar-refractivity contribution in [2.24, 2.45) is 5.92 Å². The van der Waals surface area contributed by atoms with Crippen molar-refractivity contribution >= 4 is 5.97 Å². The number of carbonyl (C=O) groups is 1. The van der Waals surface area contributed by atoms with E-state index >= 15 is 0 Å². The van der Waals surface area contributed by atoms with Crippen LogP contribution in [0, 0.1) is 17.2 Å². The van der Waals surface area contributed by atoms with E-state index in [1.54, 1.807) is 12.3 Å². The molecule has 1 atom stereocenters. The van der Waals surface area contributed by atoms with E-state index in [-0.39, 0.29) is 6.42 Å². The Kier molecular flexibility index (Phi) is 6.55. The summed E-state index contributed by atoms with van der Waals surface area (Å²) in [7, 11) is 0. The molecule has 0 amide bonds. The number of aromatic nitrogens is 1. The molecule has 1 aromatic rings. The number of rotatable bonds is 8. The number of aliphatic carboxylic acids is 1. The van der Waals surface area contributed by atoms with Gasteiger partial charge in [0, 0.05) is 19.2 Å². The largest absolute Gasteiger partial charge is 0.481 e. The van der Waals surface area contributed by atoms with E-state index in [0.717, 1.165) is 18.5 Å². The maximum atomic E-state index is 10.4. The van der Waals surface area contributed by atoms with Gasteiger partial charge in [0.05, 0.1) is 0 Å². The molecule has 2 N–H and O–H groups in total. The molecule has 102 valence electrons. The van der Waals surface area contributed by atoms with Crippen molar-refractivity contribution in [3.63, 3.8) is 0 Å². The average molecular weight is 261 g/mol. The van der Waals surface area contributed by atoms with Crippen LogP contribution in [0.15, 0.2) is 18.3 Å². The Morgan fingerprint density at radius 3 is 3.05 bits per heavy atom. The third kappa shape index (κ3) is 6.53. The molecule has 0 aliphatic carbocycles. The van der Waals surface area contributed by atoms with Gasteiger partial charge in [0.15, 0.2) is 0 Å². The van der Waals surface area contributed by atoms with Crippen LogP contribution in [-0.4, -0.2) is 22.6 Å². The Balaban J connectivity index is 2.20. The highest BCUT2D eigenvalue weighted by Crippen LogP contribution is 2.09. The Bertz CT molecular complexity index is 454. The highest BCUT2D eigenvalue weighted by Gasteiger charge is 2.05. The van der Waals surface area contributed by atoms with Gasteiger partial charge in [-0.05, 0) is 43.0 Å². The number of carboxylic acid groups (broad SMARTS) is 1. The number of hydrogen-bond donors (Lipinski definition) is 2. The molecule has 0 fully saturated rings. The van der Waals surface area contributed by atoms with Crippen molar-refractivity contribution < 1.29 is 9.90 Å². The van der Waals surface area contributed by atoms with E-state index in [0.29, 0.717) is 24.6 Å². The molecule has 0 saturated carbocycles. The van der Waals surface area contributed by atoms with Gasteiger partial charge < -0.3 is 10.4 Å². The van der Waals surface area contributed by atoms with E-state index in [4.69, 9.17) is 10.4 Å². The van der Waals surface area contributed by atoms with E-state index < -0.39 is 5.97 Å². The summed E-state index contributed by atoms with van der Waals surface area (Å²) in [5.41, 5.74) is 1.46. The van der Waals surface area contributed by atoms with Crippen molar-refractivity contribution in [2.45, 2.75) is 32.7 Å². The molecule has 0 aliphatic heterocycles. The first-order valence-electron chi connectivity index (χ1n) is 6.39. The molecule has 1 aromatic heterocycles. The third-order valence-electron chi connectivity index (χ3n) is 2.93. The molecule has 1 rings (SSSR count). The molecular formula is C14H19N3O2. The number of nitriles is 1. The molecule has 0 radical (unpaired) electrons. The summed E-state index contributed by atoms with van der Waals surface area (Å²) in [5, 5.41) is 20.6. The standard InChI is InChI=1S/C14H19N3O2/c1-11(2-3-14(18)19)4-6-16-10-12-5-7-17-13(8-12)9-15/h5,7-8,11,16H,2-4,6,10H2,1H3,(H,18,19). The lowest BCUT2D eigenvalue weighted by molar-refractivity contribution is -0.137. The number of nitrogens with zero attached hydrogens (tertiary/aromatic N) is 2. The van der Waals surface area contributed by atoms with Gasteiger partial charge in [-0.1, -0.05) is 6.92 Å². The van der Waals surface area contributed by atoms with Crippen LogP contribution in [0.5, 0.6) is 0 Å². The predicted octanol–water partition coefficient (Wildman–Crippen LogP) is 1.93. The van der Waals surface area contributed by atoms with Crippen LogP contribution in [0.4, 0.5) is 0 Å². The molecule has 5 nitrogen and oxygen atoms in total. The van der Waals surface area contributed by atoms with Crippen molar-refractivity contribution in [3.8, 4) is 6.07 Å². The molecule has 0 aliphatic rings. The SMILES string of the molecule is CC(CCNCc1ccnc(C#N)c1)CCC(=O)O. The number of nitrogens with one attached hydrogen (secondary N) is 1. The minimum atomic E-state index is -0.736. The zero-order chi connectivity index (χ0) is 14.1. The lowest BCUT2D eigenvalue weighted by Gasteiger charge is -2.10. The maximum absolute atomic E-state index is 10.4. The van der Waals surface area contributed by atoms with Crippen molar-refractivity contribution in [2.75, 3.05) is 6.54 Å². The first kappa shape index (κ1) is 15.1. The van der Waals surface area contributed by atoms with Crippen LogP contribution >= 0.6 is 0 Å². The molecule has 1 heterocycles. The van der Waals surface area contributed by atoms with E-state index in [9.17, 15) is 4.79 Å². The molecule has 1 unspecified atom stereocenters. The first-order valence-corrected chi connectivity index (χ1v) is 6.39. The number of carboxylic acids is 1. The van der Waals surface area contributed by atoms with Gasteiger partial charge in [-0.15, -0.1) is 0 Å². The van der Waals surface area contributed by atoms with Gasteiger partial charge >= 0.3 is 5.97 Å². The lowest BCUT2D eigenvalue weighted by atomic mass is 10.0. The summed E-state index contributed by atoms with van der Waals surface area (Å²) in [6, 6.07) is 5.65. The molecular weight excluding hydrogens is 242 g/mol. The Morgan fingerprint density at radius 1 is 1.58 bits per heavy atom. The summed E-state index contributed by atoms with van der Waals surface area (Å²) in [6.45, 7) is 3.60. The normalized spacial score (nSPS) is 11.8. The smallest absolute Gasteiger partial charge is 0.303 e. The Hall–Kier alpha value is -1.93. The molecule has 0 bridgehead atoms. The van der Waals surface area contributed by atoms with Crippen molar-refractivity contribution in [3.05, 3.63) is 29.6 Å². The monoisotopic (exact) mass is 261 g/mol. The molecule has 0 aromatic carbocycles.